The van der Waals surface area contributed by atoms with Gasteiger partial charge in [0.1, 0.15) is 5.60 Å². The fourth-order valence-corrected chi connectivity index (χ4v) is 8.22. The number of benzene rings is 2. The lowest BCUT2D eigenvalue weighted by Gasteiger charge is -2.38. The Bertz CT molecular complexity index is 1500. The molecule has 0 amide bonds. The van der Waals surface area contributed by atoms with Crippen molar-refractivity contribution in [2.45, 2.75) is 117 Å². The van der Waals surface area contributed by atoms with Crippen molar-refractivity contribution in [1.29, 1.82) is 0 Å². The van der Waals surface area contributed by atoms with Crippen molar-refractivity contribution in [3.8, 4) is 23.1 Å². The zero-order valence-corrected chi connectivity index (χ0v) is 29.2. The smallest absolute Gasteiger partial charge is 0.310 e. The van der Waals surface area contributed by atoms with Crippen LogP contribution in [0.25, 0.3) is 11.3 Å². The van der Waals surface area contributed by atoms with Gasteiger partial charge in [-0.25, -0.2) is 0 Å². The minimum Gasteiger partial charge on any atom is -0.466 e. The molecule has 0 N–H and O–H groups in total. The maximum atomic E-state index is 11.9. The molecule has 234 valence electrons. The first-order chi connectivity index (χ1) is 20.9. The number of ether oxygens (including phenoxy) is 1. The number of hydrogen-bond donors (Lipinski definition) is 0. The van der Waals surface area contributed by atoms with Crippen molar-refractivity contribution in [2.24, 2.45) is 0 Å². The number of esters is 1. The number of carbonyl (C=O) groups excluding carboxylic acids is 1. The highest BCUT2D eigenvalue weighted by atomic mass is 28.4. The van der Waals surface area contributed by atoms with Crippen LogP contribution in [0.2, 0.25) is 19.6 Å². The van der Waals surface area contributed by atoms with E-state index in [4.69, 9.17) is 9.16 Å². The van der Waals surface area contributed by atoms with Crippen LogP contribution in [0.3, 0.4) is 0 Å². The quantitative estimate of drug-likeness (QED) is 0.130. The lowest BCUT2D eigenvalue weighted by Crippen LogP contribution is -2.43. The van der Waals surface area contributed by atoms with E-state index in [1.54, 1.807) is 6.20 Å². The molecule has 5 heteroatoms. The third kappa shape index (κ3) is 7.89. The lowest BCUT2D eigenvalue weighted by molar-refractivity contribution is -0.142. The Morgan fingerprint density at radius 1 is 0.909 bits per heavy atom. The van der Waals surface area contributed by atoms with Gasteiger partial charge in [0, 0.05) is 22.7 Å². The fourth-order valence-electron chi connectivity index (χ4n) is 6.79. The second kappa shape index (κ2) is 14.3. The number of nitrogens with zero attached hydrogens (tertiary/aromatic N) is 1. The summed E-state index contributed by atoms with van der Waals surface area (Å²) in [4.78, 5) is 16.5. The van der Waals surface area contributed by atoms with Crippen LogP contribution in [0.4, 0.5) is 0 Å². The summed E-state index contributed by atoms with van der Waals surface area (Å²) in [6, 6.07) is 17.7. The van der Waals surface area contributed by atoms with Gasteiger partial charge in [-0.15, -0.1) is 0 Å². The van der Waals surface area contributed by atoms with E-state index in [1.165, 1.54) is 41.5 Å². The summed E-state index contributed by atoms with van der Waals surface area (Å²) in [6.45, 7) is 18.0. The van der Waals surface area contributed by atoms with Crippen LogP contribution in [0.5, 0.6) is 0 Å². The summed E-state index contributed by atoms with van der Waals surface area (Å²) >= 11 is 0. The van der Waals surface area contributed by atoms with Gasteiger partial charge in [0.25, 0.3) is 0 Å². The Morgan fingerprint density at radius 3 is 2.11 bits per heavy atom. The first-order valence-corrected chi connectivity index (χ1v) is 19.9. The topological polar surface area (TPSA) is 48.4 Å². The van der Waals surface area contributed by atoms with Crippen molar-refractivity contribution >= 4 is 14.3 Å². The van der Waals surface area contributed by atoms with Crippen molar-refractivity contribution in [1.82, 2.24) is 4.98 Å². The summed E-state index contributed by atoms with van der Waals surface area (Å²) < 4.78 is 11.8. The van der Waals surface area contributed by atoms with E-state index >= 15 is 0 Å². The first kappa shape index (κ1) is 33.7. The third-order valence-electron chi connectivity index (χ3n) is 9.11. The zero-order chi connectivity index (χ0) is 32.0. The molecular formula is C39H51NO3Si. The molecule has 1 aliphatic rings. The molecule has 1 aliphatic carbocycles. The normalized spacial score (nSPS) is 14.9. The molecular weight excluding hydrogens is 559 g/mol. The molecule has 3 aromatic rings. The average Bonchev–Trinajstić information content (AvgIpc) is 2.98. The third-order valence-corrected chi connectivity index (χ3v) is 10.1. The Kier molecular flexibility index (Phi) is 10.9. The molecule has 1 heterocycles. The van der Waals surface area contributed by atoms with Crippen LogP contribution in [0, 0.1) is 25.7 Å². The van der Waals surface area contributed by atoms with E-state index in [-0.39, 0.29) is 23.4 Å². The molecule has 0 atom stereocenters. The van der Waals surface area contributed by atoms with Crippen LogP contribution in [0.1, 0.15) is 99.1 Å². The Balaban J connectivity index is 1.62. The SMILES string of the molecule is CCOC(=O)Cc1ccc(-c2ccc(C(CC)(CC)c3ccc(C#CC4(O[Si](C)(C)C)CCCCC4)c(C)c3)cc2C)nc1. The van der Waals surface area contributed by atoms with Gasteiger partial charge in [-0.05, 0) is 119 Å². The summed E-state index contributed by atoms with van der Waals surface area (Å²) in [7, 11) is -1.72. The van der Waals surface area contributed by atoms with E-state index in [2.05, 4.69) is 101 Å². The molecule has 1 aromatic heterocycles. The van der Waals surface area contributed by atoms with E-state index < -0.39 is 8.32 Å². The number of hydrogen-bond acceptors (Lipinski definition) is 4. The highest BCUT2D eigenvalue weighted by Crippen LogP contribution is 2.41. The Hall–Kier alpha value is -3.20. The van der Waals surface area contributed by atoms with Crippen LogP contribution in [-0.4, -0.2) is 31.5 Å². The monoisotopic (exact) mass is 609 g/mol. The van der Waals surface area contributed by atoms with Gasteiger partial charge >= 0.3 is 5.97 Å². The molecule has 4 nitrogen and oxygen atoms in total. The minimum absolute atomic E-state index is 0.0948. The molecule has 1 saturated carbocycles. The van der Waals surface area contributed by atoms with Crippen LogP contribution in [-0.2, 0) is 25.8 Å². The molecule has 0 unspecified atom stereocenters. The average molecular weight is 610 g/mol. The number of carbonyl (C=O) groups is 1. The highest BCUT2D eigenvalue weighted by Gasteiger charge is 2.36. The van der Waals surface area contributed by atoms with Gasteiger partial charge in [0.15, 0.2) is 8.32 Å². The molecule has 0 radical (unpaired) electrons. The maximum Gasteiger partial charge on any atom is 0.310 e. The van der Waals surface area contributed by atoms with Crippen LogP contribution < -0.4 is 0 Å². The second-order valence-corrected chi connectivity index (χ2v) is 17.8. The molecule has 0 saturated heterocycles. The zero-order valence-electron chi connectivity index (χ0n) is 28.2. The van der Waals surface area contributed by atoms with E-state index in [0.717, 1.165) is 48.1 Å². The molecule has 0 aliphatic heterocycles. The number of aryl methyl sites for hydroxylation is 2. The summed E-state index contributed by atoms with van der Waals surface area (Å²) in [6.07, 6.45) is 9.78. The molecule has 1 fully saturated rings. The van der Waals surface area contributed by atoms with E-state index in [1.807, 2.05) is 19.1 Å². The summed E-state index contributed by atoms with van der Waals surface area (Å²) in [5.41, 5.74) is 8.67. The molecule has 0 spiro atoms. The van der Waals surface area contributed by atoms with Gasteiger partial charge < -0.3 is 9.16 Å². The molecule has 44 heavy (non-hydrogen) atoms. The molecule has 4 rings (SSSR count). The van der Waals surface area contributed by atoms with Gasteiger partial charge in [-0.2, -0.15) is 0 Å². The van der Waals surface area contributed by atoms with E-state index in [0.29, 0.717) is 6.61 Å². The Morgan fingerprint density at radius 2 is 1.57 bits per heavy atom. The van der Waals surface area contributed by atoms with Crippen LogP contribution >= 0.6 is 0 Å². The van der Waals surface area contributed by atoms with Crippen LogP contribution in [0.15, 0.2) is 54.7 Å². The predicted octanol–water partition coefficient (Wildman–Crippen LogP) is 9.48. The van der Waals surface area contributed by atoms with Gasteiger partial charge in [-0.3, -0.25) is 9.78 Å². The first-order valence-electron chi connectivity index (χ1n) is 16.5. The fraction of sp³-hybridized carbons (Fsp3) is 0.487. The van der Waals surface area contributed by atoms with Gasteiger partial charge in [-0.1, -0.05) is 68.5 Å². The lowest BCUT2D eigenvalue weighted by atomic mass is 9.69. The summed E-state index contributed by atoms with van der Waals surface area (Å²) in [5.74, 6) is 6.99. The largest absolute Gasteiger partial charge is 0.466 e. The second-order valence-electron chi connectivity index (χ2n) is 13.4. The molecule has 2 aromatic carbocycles. The minimum atomic E-state index is -1.72. The standard InChI is InChI=1S/C39H51NO3Si/c1-9-39(10-2,34-18-19-35(30(5)26-34)36-20-15-31(28-40-36)27-37(41)42-11-3)33-17-16-32(29(4)25-33)21-24-38(43-44(6,7)8)22-13-12-14-23-38/h15-20,25-26,28H,9-14,22-23,27H2,1-8H3. The Labute approximate surface area is 267 Å². The van der Waals surface area contributed by atoms with Crippen molar-refractivity contribution in [3.05, 3.63) is 88.1 Å². The maximum absolute atomic E-state index is 11.9. The number of pyridine rings is 1. The van der Waals surface area contributed by atoms with Gasteiger partial charge in [0.05, 0.1) is 18.7 Å². The van der Waals surface area contributed by atoms with E-state index in [9.17, 15) is 4.79 Å². The number of aromatic nitrogens is 1. The van der Waals surface area contributed by atoms with Gasteiger partial charge in [0.2, 0.25) is 0 Å². The highest BCUT2D eigenvalue weighted by molar-refractivity contribution is 6.69. The van der Waals surface area contributed by atoms with Crippen molar-refractivity contribution in [2.75, 3.05) is 6.61 Å². The summed E-state index contributed by atoms with van der Waals surface area (Å²) in [5, 5.41) is 0. The van der Waals surface area contributed by atoms with Crippen molar-refractivity contribution < 1.29 is 14.0 Å². The van der Waals surface area contributed by atoms with Crippen molar-refractivity contribution in [3.63, 3.8) is 0 Å². The molecule has 0 bridgehead atoms. The number of rotatable bonds is 10. The predicted molar refractivity (Wildman–Crippen MR) is 184 cm³/mol.